The predicted molar refractivity (Wildman–Crippen MR) is 381 cm³/mol. The minimum absolute atomic E-state index is 0.0322. The van der Waals surface area contributed by atoms with Gasteiger partial charge in [0.2, 0.25) is 17.7 Å². The smallest absolute Gasteiger partial charge is 0.253 e. The van der Waals surface area contributed by atoms with E-state index in [1.807, 2.05) is 13.8 Å². The van der Waals surface area contributed by atoms with Gasteiger partial charge in [-0.25, -0.2) is 0 Å². The number of likely N-dealkylation sites (tertiary alicyclic amines) is 1. The van der Waals surface area contributed by atoms with Crippen molar-refractivity contribution in [2.45, 2.75) is 252 Å². The molecule has 17 heteroatoms. The van der Waals surface area contributed by atoms with E-state index in [0.717, 1.165) is 153 Å². The summed E-state index contributed by atoms with van der Waals surface area (Å²) in [5.74, 6) is 13.3. The van der Waals surface area contributed by atoms with Gasteiger partial charge in [-0.3, -0.25) is 49.2 Å². The molecule has 504 valence electrons. The van der Waals surface area contributed by atoms with Crippen molar-refractivity contribution < 1.29 is 24.0 Å². The summed E-state index contributed by atoms with van der Waals surface area (Å²) >= 11 is 7.43. The minimum Gasteiger partial charge on any atom is -0.387 e. The monoisotopic (exact) mass is 1270 g/mol. The van der Waals surface area contributed by atoms with Crippen LogP contribution < -0.4 is 22.5 Å². The van der Waals surface area contributed by atoms with E-state index in [0.29, 0.717) is 49.5 Å². The van der Waals surface area contributed by atoms with Crippen LogP contribution in [0.4, 0.5) is 0 Å². The number of thiol groups is 1. The number of aliphatic imine (C=N–C) groups is 2. The Labute approximate surface area is 543 Å². The van der Waals surface area contributed by atoms with Crippen molar-refractivity contribution in [1.82, 2.24) is 15.1 Å². The van der Waals surface area contributed by atoms with E-state index < -0.39 is 0 Å². The first-order valence-electron chi connectivity index (χ1n) is 33.8. The second kappa shape index (κ2) is 53.9. The molecule has 5 amide bonds. The highest BCUT2D eigenvalue weighted by Gasteiger charge is 2.37. The molecule has 8 N–H and O–H groups in total. The lowest BCUT2D eigenvalue weighted by Crippen LogP contribution is -2.30. The van der Waals surface area contributed by atoms with Crippen LogP contribution in [-0.2, 0) is 24.0 Å². The van der Waals surface area contributed by atoms with Gasteiger partial charge in [-0.05, 0) is 186 Å². The minimum atomic E-state index is -0.206. The van der Waals surface area contributed by atoms with Crippen LogP contribution in [-0.4, -0.2) is 118 Å². The number of carbonyl (C=O) groups is 5. The van der Waals surface area contributed by atoms with Crippen LogP contribution in [0, 0.1) is 76.4 Å². The third-order valence-corrected chi connectivity index (χ3v) is 19.1. The summed E-state index contributed by atoms with van der Waals surface area (Å²) in [6.07, 6.45) is 21.6. The molecular weight excluding hydrogens is 1130 g/mol. The Morgan fingerprint density at radius 3 is 1.34 bits per heavy atom. The fraction of sp³-hybridized carbons (Fsp3) is 0.855. The molecule has 0 aromatic carbocycles. The van der Waals surface area contributed by atoms with E-state index in [-0.39, 0.29) is 34.8 Å². The summed E-state index contributed by atoms with van der Waals surface area (Å²) in [5, 5.41) is 10.5. The molecule has 0 aromatic heterocycles. The number of unbranched alkanes of at least 4 members (excludes halogenated alkanes) is 3. The maximum absolute atomic E-state index is 12.0. The molecule has 0 saturated carbocycles. The van der Waals surface area contributed by atoms with Gasteiger partial charge in [0.1, 0.15) is 0 Å². The lowest BCUT2D eigenvalue weighted by molar-refractivity contribution is -0.139. The zero-order valence-corrected chi connectivity index (χ0v) is 61.1. The topological polar surface area (TPSA) is 230 Å². The molecule has 0 aromatic rings. The molecule has 0 spiro atoms. The number of hydrogen-bond acceptors (Lipinski definition) is 12. The first-order valence-corrected chi connectivity index (χ1v) is 36.5. The summed E-state index contributed by atoms with van der Waals surface area (Å²) in [7, 11) is 0. The molecular formula is C69H135N9O5S3. The Hall–Kier alpha value is -2.89. The lowest BCUT2D eigenvalue weighted by atomic mass is 9.82. The van der Waals surface area contributed by atoms with Gasteiger partial charge in [0.25, 0.3) is 11.8 Å². The highest BCUT2D eigenvalue weighted by Crippen LogP contribution is 2.30. The number of likely N-dealkylation sites (N-methyl/N-ethyl adjacent to an activating group) is 1. The molecule has 3 rings (SSSR count). The van der Waals surface area contributed by atoms with Gasteiger partial charge < -0.3 is 22.5 Å². The normalized spacial score (nSPS) is 15.5. The Morgan fingerprint density at radius 1 is 0.616 bits per heavy atom. The van der Waals surface area contributed by atoms with Crippen molar-refractivity contribution in [3.63, 3.8) is 0 Å². The molecule has 86 heavy (non-hydrogen) atoms. The molecule has 1 atom stereocenters. The predicted octanol–water partition coefficient (Wildman–Crippen LogP) is 15.6. The van der Waals surface area contributed by atoms with Crippen LogP contribution in [0.3, 0.4) is 0 Å². The third kappa shape index (κ3) is 43.7. The molecule has 0 radical (unpaired) electrons. The number of amides is 5. The molecule has 2 fully saturated rings. The van der Waals surface area contributed by atoms with Crippen molar-refractivity contribution in [1.29, 1.82) is 5.41 Å². The van der Waals surface area contributed by atoms with Gasteiger partial charge in [-0.1, -0.05) is 130 Å². The van der Waals surface area contributed by atoms with Crippen molar-refractivity contribution in [2.75, 3.05) is 56.5 Å². The largest absolute Gasteiger partial charge is 0.387 e. The number of carbonyl (C=O) groups excluding carboxylic acids is 5. The number of amidine groups is 2. The second-order valence-electron chi connectivity index (χ2n) is 26.2. The van der Waals surface area contributed by atoms with Crippen LogP contribution in [0.1, 0.15) is 247 Å². The molecule has 0 aliphatic carbocycles. The Balaban J connectivity index is -0.00000102. The lowest BCUT2D eigenvalue weighted by Gasteiger charge is -2.24. The summed E-state index contributed by atoms with van der Waals surface area (Å²) < 4.78 is 0. The highest BCUT2D eigenvalue weighted by atomic mass is 32.2. The summed E-state index contributed by atoms with van der Waals surface area (Å²) in [5.41, 5.74) is 17.3. The van der Waals surface area contributed by atoms with Crippen LogP contribution in [0.15, 0.2) is 22.1 Å². The Kier molecular flexibility index (Phi) is 54.7. The third-order valence-electron chi connectivity index (χ3n) is 16.5. The number of imide groups is 2. The number of hydrogen-bond donors (Lipinski definition) is 6. The van der Waals surface area contributed by atoms with Crippen molar-refractivity contribution in [3.05, 3.63) is 12.2 Å². The first-order chi connectivity index (χ1) is 40.5. The standard InChI is InChI=1S/C21H39N3O2S.C15H32N2S.C12H25NO.C11H25N.C6H7NO2.C4H7NS/c1-6-24-20(25)14-18(21(24)26)27-13-9-11-19(22)23-12-8-7-10-17(15(2)3)16(4)5;1-12(2)14(13(3)4)8-5-6-10-17-15(16)9-7-11-18;1-6-13-12(14)8-7-11(9(2)3)10(4)5;1-9(2)11(10(3)4)7-5-6-8-12;1-2-7-5(8)3-4-6(7)9;5-4-2-1-3-6-4/h15-18H,6-14H2,1-5H3,(H2,22,23);12-14,18H,5-11H2,1-4H3,(H2,16,17);9-11H,6-8H2,1-5H3,(H,13,14);9-11H,5-8,12H2,1-4H3;3-4H,2H2,1H3;5H,1-3H2. The van der Waals surface area contributed by atoms with E-state index in [4.69, 9.17) is 22.6 Å². The Morgan fingerprint density at radius 2 is 1.02 bits per heavy atom. The molecule has 14 nitrogen and oxygen atoms in total. The zero-order valence-electron chi connectivity index (χ0n) is 58.6. The maximum Gasteiger partial charge on any atom is 0.253 e. The molecule has 1 unspecified atom stereocenters. The summed E-state index contributed by atoms with van der Waals surface area (Å²) in [4.78, 5) is 67.7. The van der Waals surface area contributed by atoms with Crippen molar-refractivity contribution in [2.24, 2.45) is 98.2 Å². The SMILES string of the molecule is CC(C)C(CCCCN)C(C)C.CC(C)C(CCCCN=C(N)CCCS)C(C)C.CCN1C(=O)C=CC1=O.CCN1C(=O)CC(SCCCC(N)=NCCCCC(C(C)C)C(C)C)C1=O.CCNC(=O)CCC(C(C)C)C(C)C.N=C1CCCS1. The van der Waals surface area contributed by atoms with E-state index in [2.05, 4.69) is 139 Å². The fourth-order valence-electron chi connectivity index (χ4n) is 11.5. The number of nitrogens with two attached hydrogens (primary N) is 3. The van der Waals surface area contributed by atoms with Crippen LogP contribution in [0.25, 0.3) is 0 Å². The number of nitrogens with one attached hydrogen (secondary N) is 2. The first kappa shape index (κ1) is 87.3. The van der Waals surface area contributed by atoms with Crippen LogP contribution in [0.2, 0.25) is 0 Å². The molecule has 3 aliphatic heterocycles. The average molecular weight is 1270 g/mol. The van der Waals surface area contributed by atoms with Gasteiger partial charge >= 0.3 is 0 Å². The number of nitrogens with zero attached hydrogens (tertiary/aromatic N) is 4. The van der Waals surface area contributed by atoms with E-state index in [1.165, 1.54) is 79.1 Å². The average Bonchev–Trinajstić information content (AvgIpc) is 4.34. The van der Waals surface area contributed by atoms with Gasteiger partial charge in [0.15, 0.2) is 0 Å². The van der Waals surface area contributed by atoms with E-state index in [9.17, 15) is 24.0 Å². The molecule has 3 aliphatic rings. The van der Waals surface area contributed by atoms with Crippen LogP contribution >= 0.6 is 36.2 Å². The highest BCUT2D eigenvalue weighted by molar-refractivity contribution is 8.14. The summed E-state index contributed by atoms with van der Waals surface area (Å²) in [6, 6.07) is 0. The molecule has 3 heterocycles. The van der Waals surface area contributed by atoms with Crippen molar-refractivity contribution in [3.8, 4) is 0 Å². The fourth-order valence-corrected chi connectivity index (χ4v) is 13.6. The maximum atomic E-state index is 12.0. The van der Waals surface area contributed by atoms with E-state index >= 15 is 0 Å². The van der Waals surface area contributed by atoms with Gasteiger partial charge in [0, 0.05) is 70.6 Å². The molecule has 2 saturated heterocycles. The quantitative estimate of drug-likeness (QED) is 0.0114. The number of thioether (sulfide) groups is 2. The zero-order chi connectivity index (χ0) is 66.3. The number of rotatable bonds is 36. The molecule has 0 bridgehead atoms. The van der Waals surface area contributed by atoms with Crippen LogP contribution in [0.5, 0.6) is 0 Å². The van der Waals surface area contributed by atoms with E-state index in [1.54, 1.807) is 30.4 Å². The van der Waals surface area contributed by atoms with Gasteiger partial charge in [-0.2, -0.15) is 12.6 Å². The van der Waals surface area contributed by atoms with Gasteiger partial charge in [0.05, 0.1) is 22.0 Å². The Bertz CT molecular complexity index is 1830. The summed E-state index contributed by atoms with van der Waals surface area (Å²) in [6.45, 7) is 46.6. The van der Waals surface area contributed by atoms with Crippen molar-refractivity contribution >= 4 is 82.4 Å². The van der Waals surface area contributed by atoms with Gasteiger partial charge in [-0.15, -0.1) is 23.5 Å². The second-order valence-corrected chi connectivity index (χ2v) is 29.2.